The SMILES string of the molecule is C[C@H](NC(=O)c1nc[nH]c1C(=O)N[C@@H](C)c1ccccc1)C(=O)OCc1ccccc1. The summed E-state index contributed by atoms with van der Waals surface area (Å²) in [6, 6.07) is 17.5. The van der Waals surface area contributed by atoms with Crippen LogP contribution in [0.25, 0.3) is 0 Å². The van der Waals surface area contributed by atoms with E-state index in [4.69, 9.17) is 4.74 Å². The van der Waals surface area contributed by atoms with Crippen LogP contribution in [0.2, 0.25) is 0 Å². The smallest absolute Gasteiger partial charge is 0.328 e. The fourth-order valence-electron chi connectivity index (χ4n) is 2.91. The molecule has 8 nitrogen and oxygen atoms in total. The number of aromatic nitrogens is 2. The number of nitrogens with one attached hydrogen (secondary N) is 3. The highest BCUT2D eigenvalue weighted by Crippen LogP contribution is 2.13. The minimum Gasteiger partial charge on any atom is -0.459 e. The molecule has 0 fully saturated rings. The van der Waals surface area contributed by atoms with E-state index in [1.54, 1.807) is 0 Å². The molecule has 0 unspecified atom stereocenters. The third-order valence-corrected chi connectivity index (χ3v) is 4.65. The van der Waals surface area contributed by atoms with Gasteiger partial charge in [-0.1, -0.05) is 60.7 Å². The molecule has 1 heterocycles. The third kappa shape index (κ3) is 5.79. The minimum absolute atomic E-state index is 0.0186. The Hall–Kier alpha value is -3.94. The maximum absolute atomic E-state index is 12.6. The van der Waals surface area contributed by atoms with Crippen molar-refractivity contribution in [2.75, 3.05) is 0 Å². The van der Waals surface area contributed by atoms with Crippen molar-refractivity contribution in [1.29, 1.82) is 0 Å². The zero-order valence-corrected chi connectivity index (χ0v) is 17.3. The Morgan fingerprint density at radius 1 is 0.935 bits per heavy atom. The maximum Gasteiger partial charge on any atom is 0.328 e. The first-order valence-corrected chi connectivity index (χ1v) is 9.86. The van der Waals surface area contributed by atoms with Gasteiger partial charge in [0.1, 0.15) is 18.3 Å². The normalized spacial score (nSPS) is 12.5. The van der Waals surface area contributed by atoms with Crippen molar-refractivity contribution in [2.45, 2.75) is 32.5 Å². The number of hydrogen-bond acceptors (Lipinski definition) is 5. The number of aromatic amines is 1. The zero-order chi connectivity index (χ0) is 22.2. The van der Waals surface area contributed by atoms with Crippen LogP contribution in [0.15, 0.2) is 67.0 Å². The predicted molar refractivity (Wildman–Crippen MR) is 114 cm³/mol. The second-order valence-electron chi connectivity index (χ2n) is 7.02. The lowest BCUT2D eigenvalue weighted by Gasteiger charge is -2.15. The quantitative estimate of drug-likeness (QED) is 0.485. The average molecular weight is 420 g/mol. The van der Waals surface area contributed by atoms with Crippen molar-refractivity contribution in [3.05, 3.63) is 89.5 Å². The first-order chi connectivity index (χ1) is 15.0. The molecule has 3 rings (SSSR count). The second kappa shape index (κ2) is 10.2. The van der Waals surface area contributed by atoms with Gasteiger partial charge in [-0.3, -0.25) is 9.59 Å². The Balaban J connectivity index is 1.58. The Bertz CT molecular complexity index is 1030. The number of benzene rings is 2. The largest absolute Gasteiger partial charge is 0.459 e. The first-order valence-electron chi connectivity index (χ1n) is 9.86. The van der Waals surface area contributed by atoms with Crippen LogP contribution in [0.1, 0.15) is 52.0 Å². The van der Waals surface area contributed by atoms with Crippen molar-refractivity contribution in [3.63, 3.8) is 0 Å². The molecule has 0 aliphatic carbocycles. The highest BCUT2D eigenvalue weighted by atomic mass is 16.5. The van der Waals surface area contributed by atoms with Crippen LogP contribution in [0.5, 0.6) is 0 Å². The lowest BCUT2D eigenvalue weighted by atomic mass is 10.1. The van der Waals surface area contributed by atoms with Gasteiger partial charge in [0.05, 0.1) is 12.4 Å². The van der Waals surface area contributed by atoms with Gasteiger partial charge in [0.25, 0.3) is 11.8 Å². The van der Waals surface area contributed by atoms with E-state index in [1.165, 1.54) is 13.3 Å². The fourth-order valence-corrected chi connectivity index (χ4v) is 2.91. The number of imidazole rings is 1. The summed E-state index contributed by atoms with van der Waals surface area (Å²) < 4.78 is 5.23. The van der Waals surface area contributed by atoms with E-state index in [-0.39, 0.29) is 24.0 Å². The number of nitrogens with zero attached hydrogens (tertiary/aromatic N) is 1. The van der Waals surface area contributed by atoms with Crippen molar-refractivity contribution < 1.29 is 19.1 Å². The highest BCUT2D eigenvalue weighted by molar-refractivity contribution is 6.05. The molecule has 0 saturated carbocycles. The number of ether oxygens (including phenoxy) is 1. The van der Waals surface area contributed by atoms with Gasteiger partial charge in [-0.05, 0) is 25.0 Å². The Kier molecular flexibility index (Phi) is 7.16. The van der Waals surface area contributed by atoms with Crippen LogP contribution in [0.3, 0.4) is 0 Å². The highest BCUT2D eigenvalue weighted by Gasteiger charge is 2.25. The van der Waals surface area contributed by atoms with Gasteiger partial charge in [0.15, 0.2) is 5.69 Å². The molecule has 2 aromatic carbocycles. The molecule has 2 atom stereocenters. The van der Waals surface area contributed by atoms with E-state index < -0.39 is 23.8 Å². The summed E-state index contributed by atoms with van der Waals surface area (Å²) in [6.07, 6.45) is 1.26. The molecule has 1 aromatic heterocycles. The van der Waals surface area contributed by atoms with Crippen LogP contribution in [0.4, 0.5) is 0 Å². The van der Waals surface area contributed by atoms with Crippen LogP contribution in [0, 0.1) is 0 Å². The van der Waals surface area contributed by atoms with Crippen molar-refractivity contribution >= 4 is 17.8 Å². The summed E-state index contributed by atoms with van der Waals surface area (Å²) in [5, 5.41) is 5.35. The summed E-state index contributed by atoms with van der Waals surface area (Å²) in [5.74, 6) is -1.71. The number of esters is 1. The van der Waals surface area contributed by atoms with Crippen LogP contribution in [-0.4, -0.2) is 33.8 Å². The second-order valence-corrected chi connectivity index (χ2v) is 7.02. The molecule has 3 N–H and O–H groups in total. The number of amides is 2. The van der Waals surface area contributed by atoms with E-state index in [9.17, 15) is 14.4 Å². The Labute approximate surface area is 180 Å². The molecular formula is C23H24N4O4. The van der Waals surface area contributed by atoms with E-state index in [0.29, 0.717) is 0 Å². The van der Waals surface area contributed by atoms with E-state index in [0.717, 1.165) is 11.1 Å². The zero-order valence-electron chi connectivity index (χ0n) is 17.3. The van der Waals surface area contributed by atoms with E-state index >= 15 is 0 Å². The molecule has 8 heteroatoms. The lowest BCUT2D eigenvalue weighted by molar-refractivity contribution is -0.146. The van der Waals surface area contributed by atoms with Gasteiger partial charge in [0.2, 0.25) is 0 Å². The molecule has 0 bridgehead atoms. The monoisotopic (exact) mass is 420 g/mol. The van der Waals surface area contributed by atoms with Crippen molar-refractivity contribution in [1.82, 2.24) is 20.6 Å². The topological polar surface area (TPSA) is 113 Å². The van der Waals surface area contributed by atoms with Gasteiger partial charge in [-0.2, -0.15) is 0 Å². The van der Waals surface area contributed by atoms with Crippen molar-refractivity contribution in [3.8, 4) is 0 Å². The summed E-state index contributed by atoms with van der Waals surface area (Å²) in [4.78, 5) is 44.1. The average Bonchev–Trinajstić information content (AvgIpc) is 3.29. The van der Waals surface area contributed by atoms with Crippen LogP contribution in [-0.2, 0) is 16.1 Å². The lowest BCUT2D eigenvalue weighted by Crippen LogP contribution is -2.40. The fraction of sp³-hybridized carbons (Fsp3) is 0.217. The van der Waals surface area contributed by atoms with Gasteiger partial charge in [-0.15, -0.1) is 0 Å². The van der Waals surface area contributed by atoms with Gasteiger partial charge in [-0.25, -0.2) is 9.78 Å². The molecule has 0 spiro atoms. The van der Waals surface area contributed by atoms with Crippen molar-refractivity contribution in [2.24, 2.45) is 0 Å². The summed E-state index contributed by atoms with van der Waals surface area (Å²) in [5.41, 5.74) is 1.69. The summed E-state index contributed by atoms with van der Waals surface area (Å²) in [6.45, 7) is 3.45. The minimum atomic E-state index is -0.910. The maximum atomic E-state index is 12.6. The molecule has 0 aliphatic rings. The Morgan fingerprint density at radius 3 is 2.26 bits per heavy atom. The van der Waals surface area contributed by atoms with E-state index in [1.807, 2.05) is 67.6 Å². The molecule has 2 amide bonds. The summed E-state index contributed by atoms with van der Waals surface area (Å²) >= 11 is 0. The van der Waals surface area contributed by atoms with Crippen LogP contribution < -0.4 is 10.6 Å². The molecule has 0 radical (unpaired) electrons. The van der Waals surface area contributed by atoms with Gasteiger partial charge >= 0.3 is 5.97 Å². The van der Waals surface area contributed by atoms with Gasteiger partial charge in [0, 0.05) is 0 Å². The summed E-state index contributed by atoms with van der Waals surface area (Å²) in [7, 11) is 0. The molecule has 0 saturated heterocycles. The molecular weight excluding hydrogens is 396 g/mol. The molecule has 160 valence electrons. The number of carbonyl (C=O) groups excluding carboxylic acids is 3. The molecule has 3 aromatic rings. The predicted octanol–water partition coefficient (Wildman–Crippen LogP) is 2.76. The standard InChI is InChI=1S/C23H24N4O4/c1-15(18-11-7-4-8-12-18)26-21(28)19-20(25-14-24-19)22(29)27-16(2)23(30)31-13-17-9-5-3-6-10-17/h3-12,14-16H,13H2,1-2H3,(H,24,25)(H,26,28)(H,27,29)/t15-,16-/m0/s1. The first kappa shape index (κ1) is 21.8. The molecule has 31 heavy (non-hydrogen) atoms. The number of carbonyl (C=O) groups is 3. The number of hydrogen-bond donors (Lipinski definition) is 3. The van der Waals surface area contributed by atoms with E-state index in [2.05, 4.69) is 20.6 Å². The Morgan fingerprint density at radius 2 is 1.58 bits per heavy atom. The number of H-pyrrole nitrogens is 1. The van der Waals surface area contributed by atoms with Gasteiger partial charge < -0.3 is 20.4 Å². The number of rotatable bonds is 8. The van der Waals surface area contributed by atoms with Crippen LogP contribution >= 0.6 is 0 Å². The molecule has 0 aliphatic heterocycles. The third-order valence-electron chi connectivity index (χ3n) is 4.65.